The molecule has 3 nitrogen and oxygen atoms in total. The molecule has 1 heterocycles. The fourth-order valence-corrected chi connectivity index (χ4v) is 3.39. The Bertz CT molecular complexity index is 419. The van der Waals surface area contributed by atoms with Crippen molar-refractivity contribution in [1.29, 1.82) is 0 Å². The number of nitrogens with zero attached hydrogens (tertiary/aromatic N) is 2. The molecule has 0 amide bonds. The van der Waals surface area contributed by atoms with Crippen molar-refractivity contribution in [3.63, 3.8) is 0 Å². The summed E-state index contributed by atoms with van der Waals surface area (Å²) in [5, 5.41) is 0. The standard InChI is InChI=1S/C18H31N3/c1-4-11-21-12-9-18(15-19,10-13-21)20(3)14-17-7-5-16(2)6-8-17/h5-8H,4,9-15,19H2,1-3H3. The summed E-state index contributed by atoms with van der Waals surface area (Å²) < 4.78 is 0. The van der Waals surface area contributed by atoms with E-state index in [1.54, 1.807) is 0 Å². The molecule has 2 N–H and O–H groups in total. The fourth-order valence-electron chi connectivity index (χ4n) is 3.39. The normalized spacial score (nSPS) is 19.1. The second-order valence-corrected chi connectivity index (χ2v) is 6.61. The van der Waals surface area contributed by atoms with Gasteiger partial charge in [-0.15, -0.1) is 0 Å². The predicted octanol–water partition coefficient (Wildman–Crippen LogP) is 2.63. The molecular weight excluding hydrogens is 258 g/mol. The van der Waals surface area contributed by atoms with Crippen LogP contribution in [0, 0.1) is 6.92 Å². The van der Waals surface area contributed by atoms with Crippen LogP contribution in [0.15, 0.2) is 24.3 Å². The minimum absolute atomic E-state index is 0.176. The van der Waals surface area contributed by atoms with E-state index >= 15 is 0 Å². The van der Waals surface area contributed by atoms with Crippen LogP contribution in [-0.2, 0) is 6.54 Å². The van der Waals surface area contributed by atoms with Gasteiger partial charge in [0.2, 0.25) is 0 Å². The number of rotatable bonds is 6. The van der Waals surface area contributed by atoms with Gasteiger partial charge < -0.3 is 10.6 Å². The maximum absolute atomic E-state index is 6.18. The molecule has 0 bridgehead atoms. The molecule has 0 spiro atoms. The molecule has 0 aliphatic carbocycles. The number of likely N-dealkylation sites (tertiary alicyclic amines) is 1. The Labute approximate surface area is 130 Å². The molecule has 118 valence electrons. The fraction of sp³-hybridized carbons (Fsp3) is 0.667. The first-order chi connectivity index (χ1) is 10.1. The zero-order valence-corrected chi connectivity index (χ0v) is 13.9. The van der Waals surface area contributed by atoms with Crippen molar-refractivity contribution in [2.45, 2.75) is 45.2 Å². The molecule has 1 aromatic rings. The van der Waals surface area contributed by atoms with E-state index in [1.165, 1.54) is 50.0 Å². The molecule has 1 aromatic carbocycles. The Morgan fingerprint density at radius 1 is 1.19 bits per heavy atom. The van der Waals surface area contributed by atoms with Crippen LogP contribution in [-0.4, -0.2) is 48.6 Å². The predicted molar refractivity (Wildman–Crippen MR) is 90.4 cm³/mol. The van der Waals surface area contributed by atoms with E-state index in [2.05, 4.69) is 55.0 Å². The summed E-state index contributed by atoms with van der Waals surface area (Å²) >= 11 is 0. The topological polar surface area (TPSA) is 32.5 Å². The summed E-state index contributed by atoms with van der Waals surface area (Å²) in [6, 6.07) is 8.87. The Hall–Kier alpha value is -0.900. The zero-order chi connectivity index (χ0) is 15.3. The second kappa shape index (κ2) is 7.39. The molecule has 0 saturated carbocycles. The Morgan fingerprint density at radius 2 is 1.81 bits per heavy atom. The minimum Gasteiger partial charge on any atom is -0.329 e. The van der Waals surface area contributed by atoms with Crippen molar-refractivity contribution in [1.82, 2.24) is 9.80 Å². The van der Waals surface area contributed by atoms with Gasteiger partial charge in [0, 0.05) is 18.6 Å². The van der Waals surface area contributed by atoms with Gasteiger partial charge >= 0.3 is 0 Å². The summed E-state index contributed by atoms with van der Waals surface area (Å²) in [7, 11) is 2.24. The summed E-state index contributed by atoms with van der Waals surface area (Å²) in [6.07, 6.45) is 3.62. The minimum atomic E-state index is 0.176. The van der Waals surface area contributed by atoms with Crippen molar-refractivity contribution in [3.05, 3.63) is 35.4 Å². The first-order valence-corrected chi connectivity index (χ1v) is 8.29. The van der Waals surface area contributed by atoms with Gasteiger partial charge in [-0.25, -0.2) is 0 Å². The van der Waals surface area contributed by atoms with Gasteiger partial charge in [-0.3, -0.25) is 4.90 Å². The highest BCUT2D eigenvalue weighted by Gasteiger charge is 2.36. The van der Waals surface area contributed by atoms with Gasteiger partial charge in [-0.2, -0.15) is 0 Å². The molecule has 2 rings (SSSR count). The Kier molecular flexibility index (Phi) is 5.80. The van der Waals surface area contributed by atoms with Crippen molar-refractivity contribution < 1.29 is 0 Å². The van der Waals surface area contributed by atoms with Gasteiger partial charge in [-0.1, -0.05) is 36.8 Å². The lowest BCUT2D eigenvalue weighted by Gasteiger charge is -2.47. The lowest BCUT2D eigenvalue weighted by Crippen LogP contribution is -2.57. The summed E-state index contributed by atoms with van der Waals surface area (Å²) in [4.78, 5) is 5.06. The highest BCUT2D eigenvalue weighted by atomic mass is 15.2. The lowest BCUT2D eigenvalue weighted by molar-refractivity contribution is 0.0401. The van der Waals surface area contributed by atoms with E-state index in [1.807, 2.05) is 0 Å². The molecule has 1 fully saturated rings. The number of nitrogens with two attached hydrogens (primary N) is 1. The average Bonchev–Trinajstić information content (AvgIpc) is 2.51. The van der Waals surface area contributed by atoms with Crippen LogP contribution < -0.4 is 5.73 Å². The van der Waals surface area contributed by atoms with Gasteiger partial charge in [0.05, 0.1) is 0 Å². The molecule has 3 heteroatoms. The average molecular weight is 289 g/mol. The molecular formula is C18H31N3. The molecule has 0 atom stereocenters. The van der Waals surface area contributed by atoms with Crippen LogP contribution in [0.3, 0.4) is 0 Å². The van der Waals surface area contributed by atoms with Gasteiger partial charge in [0.1, 0.15) is 0 Å². The van der Waals surface area contributed by atoms with Crippen LogP contribution in [0.5, 0.6) is 0 Å². The van der Waals surface area contributed by atoms with Gasteiger partial charge in [-0.05, 0) is 58.4 Å². The maximum atomic E-state index is 6.18. The van der Waals surface area contributed by atoms with Gasteiger partial charge in [0.15, 0.2) is 0 Å². The first-order valence-electron chi connectivity index (χ1n) is 8.29. The van der Waals surface area contributed by atoms with E-state index in [0.29, 0.717) is 0 Å². The van der Waals surface area contributed by atoms with Crippen molar-refractivity contribution in [3.8, 4) is 0 Å². The number of hydrogen-bond acceptors (Lipinski definition) is 3. The molecule has 0 aromatic heterocycles. The monoisotopic (exact) mass is 289 g/mol. The molecule has 0 radical (unpaired) electrons. The summed E-state index contributed by atoms with van der Waals surface area (Å²) in [5.41, 5.74) is 9.06. The highest BCUT2D eigenvalue weighted by molar-refractivity contribution is 5.21. The molecule has 1 saturated heterocycles. The third kappa shape index (κ3) is 4.06. The molecule has 1 aliphatic heterocycles. The Morgan fingerprint density at radius 3 is 2.33 bits per heavy atom. The first kappa shape index (κ1) is 16.5. The third-order valence-electron chi connectivity index (χ3n) is 5.06. The molecule has 1 aliphatic rings. The number of hydrogen-bond donors (Lipinski definition) is 1. The number of aryl methyl sites for hydroxylation is 1. The number of piperidine rings is 1. The maximum Gasteiger partial charge on any atom is 0.0356 e. The van der Waals surface area contributed by atoms with Crippen LogP contribution in [0.25, 0.3) is 0 Å². The highest BCUT2D eigenvalue weighted by Crippen LogP contribution is 2.28. The number of likely N-dealkylation sites (N-methyl/N-ethyl adjacent to an activating group) is 1. The van der Waals surface area contributed by atoms with Crippen molar-refractivity contribution >= 4 is 0 Å². The van der Waals surface area contributed by atoms with Crippen molar-refractivity contribution in [2.24, 2.45) is 5.73 Å². The van der Waals surface area contributed by atoms with E-state index < -0.39 is 0 Å². The van der Waals surface area contributed by atoms with Crippen LogP contribution in [0.1, 0.15) is 37.3 Å². The van der Waals surface area contributed by atoms with E-state index in [4.69, 9.17) is 5.73 Å². The van der Waals surface area contributed by atoms with Gasteiger partial charge in [0.25, 0.3) is 0 Å². The summed E-state index contributed by atoms with van der Waals surface area (Å²) in [6.45, 7) is 9.74. The third-order valence-corrected chi connectivity index (χ3v) is 5.06. The van der Waals surface area contributed by atoms with E-state index in [-0.39, 0.29) is 5.54 Å². The van der Waals surface area contributed by atoms with Crippen LogP contribution >= 0.6 is 0 Å². The lowest BCUT2D eigenvalue weighted by atomic mass is 9.85. The smallest absolute Gasteiger partial charge is 0.0356 e. The summed E-state index contributed by atoms with van der Waals surface area (Å²) in [5.74, 6) is 0. The number of benzene rings is 1. The SMILES string of the molecule is CCCN1CCC(CN)(N(C)Cc2ccc(C)cc2)CC1. The van der Waals surface area contributed by atoms with Crippen LogP contribution in [0.2, 0.25) is 0 Å². The quantitative estimate of drug-likeness (QED) is 0.874. The zero-order valence-electron chi connectivity index (χ0n) is 13.9. The van der Waals surface area contributed by atoms with E-state index in [9.17, 15) is 0 Å². The van der Waals surface area contributed by atoms with Crippen molar-refractivity contribution in [2.75, 3.05) is 33.2 Å². The largest absolute Gasteiger partial charge is 0.329 e. The Balaban J connectivity index is 1.98. The second-order valence-electron chi connectivity index (χ2n) is 6.61. The molecule has 21 heavy (non-hydrogen) atoms. The van der Waals surface area contributed by atoms with E-state index in [0.717, 1.165) is 13.1 Å². The molecule has 0 unspecified atom stereocenters. The van der Waals surface area contributed by atoms with Crippen LogP contribution in [0.4, 0.5) is 0 Å².